The number of ether oxygens (including phenoxy) is 1. The van der Waals surface area contributed by atoms with Gasteiger partial charge in [0.15, 0.2) is 10.7 Å². The Morgan fingerprint density at radius 2 is 2.03 bits per heavy atom. The van der Waals surface area contributed by atoms with Crippen LogP contribution in [0.5, 0.6) is 5.75 Å². The number of aromatic nitrogens is 2. The van der Waals surface area contributed by atoms with E-state index < -0.39 is 4.92 Å². The fourth-order valence-corrected chi connectivity index (χ4v) is 4.22. The van der Waals surface area contributed by atoms with Crippen LogP contribution in [-0.2, 0) is 6.54 Å². The molecular formula is C19H21N5O4S. The van der Waals surface area contributed by atoms with E-state index in [4.69, 9.17) is 4.74 Å². The topological polar surface area (TPSA) is 93.2 Å². The first-order valence-electron chi connectivity index (χ1n) is 9.39. The molecule has 0 N–H and O–H groups in total. The minimum atomic E-state index is -0.424. The highest BCUT2D eigenvalue weighted by atomic mass is 32.1. The van der Waals surface area contributed by atoms with Gasteiger partial charge < -0.3 is 9.64 Å². The first-order chi connectivity index (χ1) is 14.0. The summed E-state index contributed by atoms with van der Waals surface area (Å²) in [6.07, 6.45) is 1.73. The molecule has 0 bridgehead atoms. The Labute approximate surface area is 170 Å². The molecule has 3 heterocycles. The van der Waals surface area contributed by atoms with E-state index in [1.165, 1.54) is 17.4 Å². The number of thiazole rings is 1. The van der Waals surface area contributed by atoms with E-state index in [9.17, 15) is 14.9 Å². The third-order valence-electron chi connectivity index (χ3n) is 4.92. The Hall–Kier alpha value is -2.98. The highest BCUT2D eigenvalue weighted by Gasteiger charge is 2.21. The minimum absolute atomic E-state index is 0.0180. The molecule has 0 amide bonds. The summed E-state index contributed by atoms with van der Waals surface area (Å²) in [6, 6.07) is 6.60. The third kappa shape index (κ3) is 4.08. The van der Waals surface area contributed by atoms with Crippen molar-refractivity contribution < 1.29 is 9.66 Å². The molecular weight excluding hydrogens is 394 g/mol. The van der Waals surface area contributed by atoms with Crippen molar-refractivity contribution >= 4 is 27.7 Å². The SMILES string of the molecule is CCOc1cc(N2CCN(Cc3cc(=O)n4ccsc4n3)CC2)ccc1[N+](=O)[O-]. The van der Waals surface area contributed by atoms with E-state index in [1.54, 1.807) is 28.8 Å². The maximum absolute atomic E-state index is 12.1. The van der Waals surface area contributed by atoms with Crippen molar-refractivity contribution in [3.63, 3.8) is 0 Å². The van der Waals surface area contributed by atoms with Crippen LogP contribution in [0.1, 0.15) is 12.6 Å². The summed E-state index contributed by atoms with van der Waals surface area (Å²) >= 11 is 1.45. The van der Waals surface area contributed by atoms with Gasteiger partial charge in [-0.1, -0.05) is 0 Å². The lowest BCUT2D eigenvalue weighted by Gasteiger charge is -2.36. The summed E-state index contributed by atoms with van der Waals surface area (Å²) in [5.41, 5.74) is 1.62. The van der Waals surface area contributed by atoms with Gasteiger partial charge in [0, 0.05) is 68.2 Å². The largest absolute Gasteiger partial charge is 0.487 e. The van der Waals surface area contributed by atoms with Crippen LogP contribution in [0.15, 0.2) is 40.6 Å². The summed E-state index contributed by atoms with van der Waals surface area (Å²) in [6.45, 7) is 6.00. The van der Waals surface area contributed by atoms with Gasteiger partial charge in [0.25, 0.3) is 5.56 Å². The number of hydrogen-bond donors (Lipinski definition) is 0. The zero-order chi connectivity index (χ0) is 20.4. The standard InChI is InChI=1S/C19H21N5O4S/c1-2-28-17-12-15(3-4-16(17)24(26)27)22-7-5-21(6-8-22)13-14-11-18(25)23-9-10-29-19(23)20-14/h3-4,9-12H,2,5-8,13H2,1H3. The normalized spacial score (nSPS) is 15.0. The Morgan fingerprint density at radius 3 is 2.76 bits per heavy atom. The van der Waals surface area contributed by atoms with Crippen molar-refractivity contribution in [2.75, 3.05) is 37.7 Å². The number of nitro benzene ring substituents is 1. The number of benzene rings is 1. The summed E-state index contributed by atoms with van der Waals surface area (Å²) in [4.78, 5) is 32.6. The number of hydrogen-bond acceptors (Lipinski definition) is 8. The predicted molar refractivity (Wildman–Crippen MR) is 111 cm³/mol. The Morgan fingerprint density at radius 1 is 1.24 bits per heavy atom. The van der Waals surface area contributed by atoms with Crippen LogP contribution >= 0.6 is 11.3 Å². The molecule has 29 heavy (non-hydrogen) atoms. The van der Waals surface area contributed by atoms with E-state index in [-0.39, 0.29) is 11.2 Å². The Balaban J connectivity index is 1.43. The van der Waals surface area contributed by atoms with Crippen LogP contribution < -0.4 is 15.2 Å². The Kier molecular flexibility index (Phi) is 5.45. The summed E-state index contributed by atoms with van der Waals surface area (Å²) in [7, 11) is 0. The molecule has 1 fully saturated rings. The van der Waals surface area contributed by atoms with E-state index in [2.05, 4.69) is 14.8 Å². The van der Waals surface area contributed by atoms with Gasteiger partial charge in [0.2, 0.25) is 0 Å². The molecule has 0 aliphatic carbocycles. The average molecular weight is 415 g/mol. The van der Waals surface area contributed by atoms with Crippen molar-refractivity contribution in [3.05, 3.63) is 62.0 Å². The van der Waals surface area contributed by atoms with Gasteiger partial charge in [0.05, 0.1) is 17.2 Å². The average Bonchev–Trinajstić information content (AvgIpc) is 3.18. The van der Waals surface area contributed by atoms with Crippen molar-refractivity contribution in [3.8, 4) is 5.75 Å². The summed E-state index contributed by atoms with van der Waals surface area (Å²) < 4.78 is 7.00. The molecule has 3 aromatic rings. The molecule has 1 saturated heterocycles. The lowest BCUT2D eigenvalue weighted by atomic mass is 10.2. The van der Waals surface area contributed by atoms with E-state index in [1.807, 2.05) is 12.3 Å². The lowest BCUT2D eigenvalue weighted by Crippen LogP contribution is -2.46. The van der Waals surface area contributed by atoms with Crippen molar-refractivity contribution in [1.29, 1.82) is 0 Å². The fourth-order valence-electron chi connectivity index (χ4n) is 3.48. The molecule has 1 aromatic carbocycles. The fraction of sp³-hybridized carbons (Fsp3) is 0.368. The number of anilines is 1. The van der Waals surface area contributed by atoms with Gasteiger partial charge in [-0.25, -0.2) is 4.98 Å². The van der Waals surface area contributed by atoms with Gasteiger partial charge in [0.1, 0.15) is 0 Å². The number of nitrogens with zero attached hydrogens (tertiary/aromatic N) is 5. The zero-order valence-electron chi connectivity index (χ0n) is 16.0. The van der Waals surface area contributed by atoms with Gasteiger partial charge in [-0.15, -0.1) is 11.3 Å². The van der Waals surface area contributed by atoms with Crippen molar-refractivity contribution in [2.45, 2.75) is 13.5 Å². The molecule has 0 spiro atoms. The molecule has 152 valence electrons. The zero-order valence-corrected chi connectivity index (χ0v) is 16.8. The van der Waals surface area contributed by atoms with Crippen molar-refractivity contribution in [2.24, 2.45) is 0 Å². The number of piperazine rings is 1. The molecule has 10 heteroatoms. The molecule has 0 atom stereocenters. The van der Waals surface area contributed by atoms with Crippen molar-refractivity contribution in [1.82, 2.24) is 14.3 Å². The molecule has 0 unspecified atom stereocenters. The highest BCUT2D eigenvalue weighted by Crippen LogP contribution is 2.32. The molecule has 1 aliphatic rings. The second kappa shape index (κ2) is 8.18. The molecule has 0 radical (unpaired) electrons. The second-order valence-corrected chi connectivity index (χ2v) is 7.62. The van der Waals surface area contributed by atoms with Crippen LogP contribution in [0, 0.1) is 10.1 Å². The molecule has 4 rings (SSSR count). The third-order valence-corrected chi connectivity index (χ3v) is 5.68. The highest BCUT2D eigenvalue weighted by molar-refractivity contribution is 7.15. The summed E-state index contributed by atoms with van der Waals surface area (Å²) in [5.74, 6) is 0.298. The van der Waals surface area contributed by atoms with Crippen LogP contribution in [0.4, 0.5) is 11.4 Å². The minimum Gasteiger partial charge on any atom is -0.487 e. The molecule has 9 nitrogen and oxygen atoms in total. The second-order valence-electron chi connectivity index (χ2n) is 6.75. The smallest absolute Gasteiger partial charge is 0.311 e. The maximum Gasteiger partial charge on any atom is 0.311 e. The first-order valence-corrected chi connectivity index (χ1v) is 10.3. The van der Waals surface area contributed by atoms with E-state index in [0.717, 1.165) is 37.6 Å². The van der Waals surface area contributed by atoms with Crippen LogP contribution in [0.2, 0.25) is 0 Å². The summed E-state index contributed by atoms with van der Waals surface area (Å²) in [5, 5.41) is 13.0. The van der Waals surface area contributed by atoms with Crippen LogP contribution in [-0.4, -0.2) is 52.0 Å². The molecule has 2 aromatic heterocycles. The molecule has 0 saturated carbocycles. The molecule has 1 aliphatic heterocycles. The van der Waals surface area contributed by atoms with E-state index in [0.29, 0.717) is 23.9 Å². The van der Waals surface area contributed by atoms with E-state index >= 15 is 0 Å². The quantitative estimate of drug-likeness (QED) is 0.451. The number of nitro groups is 1. The van der Waals surface area contributed by atoms with Gasteiger partial charge in [-0.05, 0) is 13.0 Å². The first kappa shape index (κ1) is 19.3. The lowest BCUT2D eigenvalue weighted by molar-refractivity contribution is -0.385. The predicted octanol–water partition coefficient (Wildman–Crippen LogP) is 2.39. The van der Waals surface area contributed by atoms with Gasteiger partial charge >= 0.3 is 5.69 Å². The van der Waals surface area contributed by atoms with Gasteiger partial charge in [-0.3, -0.25) is 24.2 Å². The van der Waals surface area contributed by atoms with Crippen LogP contribution in [0.3, 0.4) is 0 Å². The van der Waals surface area contributed by atoms with Crippen LogP contribution in [0.25, 0.3) is 4.96 Å². The maximum atomic E-state index is 12.1. The Bertz CT molecular complexity index is 1090. The monoisotopic (exact) mass is 415 g/mol. The number of rotatable bonds is 6. The number of fused-ring (bicyclic) bond motifs is 1. The van der Waals surface area contributed by atoms with Gasteiger partial charge in [-0.2, -0.15) is 0 Å².